The smallest absolute Gasteiger partial charge is 0.338 e. The number of hydrogen-bond donors (Lipinski definition) is 1. The number of benzene rings is 2. The van der Waals surface area contributed by atoms with Gasteiger partial charge in [-0.3, -0.25) is 4.72 Å². The summed E-state index contributed by atoms with van der Waals surface area (Å²) in [5.41, 5.74) is 0.586. The molecule has 0 amide bonds. The Hall–Kier alpha value is -2.43. The molecule has 0 spiro atoms. The molecule has 0 aromatic heterocycles. The third-order valence-corrected chi connectivity index (χ3v) is 7.24. The number of rotatable bonds is 9. The molecular weight excluding hydrogens is 416 g/mol. The maximum absolute atomic E-state index is 12.5. The third-order valence-electron chi connectivity index (χ3n) is 4.02. The minimum Gasteiger partial charge on any atom is -0.462 e. The van der Waals surface area contributed by atoms with E-state index in [-0.39, 0.29) is 15.5 Å². The molecule has 8 nitrogen and oxygen atoms in total. The predicted molar refractivity (Wildman–Crippen MR) is 110 cm³/mol. The molecular formula is C19H24N2O6S2. The Morgan fingerprint density at radius 2 is 1.48 bits per heavy atom. The second-order valence-electron chi connectivity index (χ2n) is 6.43. The van der Waals surface area contributed by atoms with E-state index in [2.05, 4.69) is 4.72 Å². The average molecular weight is 441 g/mol. The van der Waals surface area contributed by atoms with Gasteiger partial charge in [0.1, 0.15) is 0 Å². The van der Waals surface area contributed by atoms with Crippen molar-refractivity contribution in [1.29, 1.82) is 0 Å². The molecule has 0 bridgehead atoms. The van der Waals surface area contributed by atoms with Crippen LogP contribution in [0.5, 0.6) is 0 Å². The fourth-order valence-corrected chi connectivity index (χ4v) is 4.24. The number of hydrogen-bond acceptors (Lipinski definition) is 6. The Balaban J connectivity index is 2.12. The lowest BCUT2D eigenvalue weighted by atomic mass is 10.2. The fraction of sp³-hybridized carbons (Fsp3) is 0.316. The lowest BCUT2D eigenvalue weighted by molar-refractivity contribution is 0.0499. The summed E-state index contributed by atoms with van der Waals surface area (Å²) in [6.45, 7) is 2.33. The van der Waals surface area contributed by atoms with Crippen molar-refractivity contribution in [2.24, 2.45) is 0 Å². The summed E-state index contributed by atoms with van der Waals surface area (Å²) in [4.78, 5) is 11.8. The van der Waals surface area contributed by atoms with E-state index in [1.54, 1.807) is 0 Å². The molecule has 29 heavy (non-hydrogen) atoms. The quantitative estimate of drug-likeness (QED) is 0.474. The molecule has 0 radical (unpaired) electrons. The zero-order valence-electron chi connectivity index (χ0n) is 16.5. The van der Waals surface area contributed by atoms with Crippen LogP contribution < -0.4 is 4.72 Å². The number of carbonyl (C=O) groups is 1. The van der Waals surface area contributed by atoms with Crippen LogP contribution in [0.2, 0.25) is 0 Å². The van der Waals surface area contributed by atoms with Crippen LogP contribution in [0.1, 0.15) is 30.1 Å². The zero-order valence-corrected chi connectivity index (χ0v) is 18.1. The molecule has 0 aliphatic rings. The van der Waals surface area contributed by atoms with Crippen LogP contribution in [0.15, 0.2) is 58.3 Å². The van der Waals surface area contributed by atoms with Crippen molar-refractivity contribution in [3.05, 3.63) is 54.1 Å². The highest BCUT2D eigenvalue weighted by Gasteiger charge is 2.20. The molecule has 0 aliphatic carbocycles. The molecule has 0 saturated heterocycles. The van der Waals surface area contributed by atoms with E-state index >= 15 is 0 Å². The first-order valence-electron chi connectivity index (χ1n) is 8.90. The van der Waals surface area contributed by atoms with E-state index in [4.69, 9.17) is 4.74 Å². The topological polar surface area (TPSA) is 110 Å². The molecule has 158 valence electrons. The lowest BCUT2D eigenvalue weighted by Gasteiger charge is -2.12. The van der Waals surface area contributed by atoms with Gasteiger partial charge in [0.25, 0.3) is 10.0 Å². The van der Waals surface area contributed by atoms with Crippen molar-refractivity contribution in [2.75, 3.05) is 25.4 Å². The second kappa shape index (κ2) is 9.38. The van der Waals surface area contributed by atoms with Crippen molar-refractivity contribution >= 4 is 31.7 Å². The van der Waals surface area contributed by atoms with Gasteiger partial charge < -0.3 is 4.74 Å². The fourth-order valence-electron chi connectivity index (χ4n) is 2.28. The molecule has 2 aromatic rings. The summed E-state index contributed by atoms with van der Waals surface area (Å²) in [5.74, 6) is -0.467. The Bertz CT molecular complexity index is 1040. The van der Waals surface area contributed by atoms with Crippen molar-refractivity contribution in [3.8, 4) is 0 Å². The highest BCUT2D eigenvalue weighted by atomic mass is 32.2. The summed E-state index contributed by atoms with van der Waals surface area (Å²) in [6, 6.07) is 10.8. The zero-order chi connectivity index (χ0) is 21.7. The number of ether oxygens (including phenoxy) is 1. The summed E-state index contributed by atoms with van der Waals surface area (Å²) < 4.78 is 57.8. The van der Waals surface area contributed by atoms with Gasteiger partial charge in [0.05, 0.1) is 22.0 Å². The first-order valence-corrected chi connectivity index (χ1v) is 11.8. The van der Waals surface area contributed by atoms with Crippen LogP contribution in [-0.2, 0) is 24.8 Å². The molecule has 0 fully saturated rings. The van der Waals surface area contributed by atoms with Crippen molar-refractivity contribution < 1.29 is 26.4 Å². The maximum atomic E-state index is 12.5. The monoisotopic (exact) mass is 440 g/mol. The highest BCUT2D eigenvalue weighted by molar-refractivity contribution is 7.92. The van der Waals surface area contributed by atoms with Crippen molar-refractivity contribution in [3.63, 3.8) is 0 Å². The van der Waals surface area contributed by atoms with E-state index in [1.807, 2.05) is 6.92 Å². The van der Waals surface area contributed by atoms with Gasteiger partial charge in [-0.15, -0.1) is 0 Å². The molecule has 2 aromatic carbocycles. The largest absolute Gasteiger partial charge is 0.462 e. The van der Waals surface area contributed by atoms with Crippen LogP contribution >= 0.6 is 0 Å². The van der Waals surface area contributed by atoms with Crippen LogP contribution in [0, 0.1) is 0 Å². The maximum Gasteiger partial charge on any atom is 0.338 e. The number of anilines is 1. The molecule has 0 saturated carbocycles. The number of nitrogens with zero attached hydrogens (tertiary/aromatic N) is 1. The summed E-state index contributed by atoms with van der Waals surface area (Å²) in [7, 11) is -4.78. The molecule has 0 unspecified atom stereocenters. The summed E-state index contributed by atoms with van der Waals surface area (Å²) >= 11 is 0. The molecule has 0 aliphatic heterocycles. The highest BCUT2D eigenvalue weighted by Crippen LogP contribution is 2.20. The first-order chi connectivity index (χ1) is 13.6. The Morgan fingerprint density at radius 3 is 2.00 bits per heavy atom. The van der Waals surface area contributed by atoms with Gasteiger partial charge >= 0.3 is 5.97 Å². The van der Waals surface area contributed by atoms with Crippen molar-refractivity contribution in [2.45, 2.75) is 29.6 Å². The predicted octanol–water partition coefficient (Wildman–Crippen LogP) is 2.69. The van der Waals surface area contributed by atoms with Gasteiger partial charge in [-0.2, -0.15) is 0 Å². The second-order valence-corrected chi connectivity index (χ2v) is 10.3. The van der Waals surface area contributed by atoms with E-state index in [9.17, 15) is 21.6 Å². The van der Waals surface area contributed by atoms with Gasteiger partial charge in [-0.25, -0.2) is 25.9 Å². The van der Waals surface area contributed by atoms with Gasteiger partial charge in [0.2, 0.25) is 10.0 Å². The minimum atomic E-state index is -3.92. The Kier molecular flexibility index (Phi) is 7.39. The molecule has 0 atom stereocenters. The normalized spacial score (nSPS) is 12.0. The van der Waals surface area contributed by atoms with Crippen LogP contribution in [0.3, 0.4) is 0 Å². The summed E-state index contributed by atoms with van der Waals surface area (Å²) in [5, 5.41) is 0. The Labute approximate surface area is 171 Å². The minimum absolute atomic E-state index is 0.00705. The number of sulfonamides is 2. The SMILES string of the molecule is CCCCOC(=O)c1ccc(NS(=O)(=O)c2ccc(S(=O)(=O)N(C)C)cc2)cc1. The lowest BCUT2D eigenvalue weighted by Crippen LogP contribution is -2.22. The third kappa shape index (κ3) is 5.78. The number of unbranched alkanes of at least 4 members (excludes halogenated alkanes) is 1. The molecule has 2 rings (SSSR count). The average Bonchev–Trinajstić information content (AvgIpc) is 2.68. The van der Waals surface area contributed by atoms with Gasteiger partial charge in [-0.05, 0) is 55.0 Å². The van der Waals surface area contributed by atoms with Crippen LogP contribution in [0.25, 0.3) is 0 Å². The first kappa shape index (κ1) is 22.9. The van der Waals surface area contributed by atoms with E-state index in [0.29, 0.717) is 12.2 Å². The van der Waals surface area contributed by atoms with Crippen LogP contribution in [-0.4, -0.2) is 47.8 Å². The van der Waals surface area contributed by atoms with E-state index in [0.717, 1.165) is 17.1 Å². The standard InChI is InChI=1S/C19H24N2O6S2/c1-4-5-14-27-19(22)15-6-8-16(9-7-15)20-28(23,24)17-10-12-18(13-11-17)29(25,26)21(2)3/h6-13,20H,4-5,14H2,1-3H3. The number of nitrogens with one attached hydrogen (secondary N) is 1. The van der Waals surface area contributed by atoms with Gasteiger partial charge in [-0.1, -0.05) is 13.3 Å². The number of carbonyl (C=O) groups excluding carboxylic acids is 1. The molecule has 1 N–H and O–H groups in total. The van der Waals surface area contributed by atoms with Gasteiger partial charge in [0, 0.05) is 19.8 Å². The van der Waals surface area contributed by atoms with Gasteiger partial charge in [0.15, 0.2) is 0 Å². The summed E-state index contributed by atoms with van der Waals surface area (Å²) in [6.07, 6.45) is 1.69. The van der Waals surface area contributed by atoms with E-state index < -0.39 is 26.0 Å². The Morgan fingerprint density at radius 1 is 0.931 bits per heavy atom. The van der Waals surface area contributed by atoms with Crippen LogP contribution in [0.4, 0.5) is 5.69 Å². The van der Waals surface area contributed by atoms with Crippen molar-refractivity contribution in [1.82, 2.24) is 4.31 Å². The van der Waals surface area contributed by atoms with E-state index in [1.165, 1.54) is 62.6 Å². The molecule has 0 heterocycles. The molecule has 10 heteroatoms. The number of esters is 1.